The number of nitrogens with one attached hydrogen (secondary N) is 2. The lowest BCUT2D eigenvalue weighted by atomic mass is 10.2. The number of methoxy groups -OCH3 is 1. The second kappa shape index (κ2) is 10.3. The van der Waals surface area contributed by atoms with Gasteiger partial charge in [0.05, 0.1) is 25.3 Å². The van der Waals surface area contributed by atoms with Crippen molar-refractivity contribution in [1.82, 2.24) is 10.3 Å². The van der Waals surface area contributed by atoms with E-state index in [-0.39, 0.29) is 24.0 Å². The molecule has 1 aromatic carbocycles. The zero-order chi connectivity index (χ0) is 16.7. The quantitative estimate of drug-likeness (QED) is 0.390. The lowest BCUT2D eigenvalue weighted by molar-refractivity contribution is 0.311. The number of hydrogen-bond acceptors (Lipinski definition) is 5. The number of guanidine groups is 1. The third-order valence-corrected chi connectivity index (χ3v) is 3.96. The van der Waals surface area contributed by atoms with Crippen LogP contribution in [0.5, 0.6) is 11.5 Å². The molecule has 132 valence electrons. The van der Waals surface area contributed by atoms with Crippen molar-refractivity contribution in [2.75, 3.05) is 26.1 Å². The number of ether oxygens (including phenoxy) is 2. The van der Waals surface area contributed by atoms with Crippen molar-refractivity contribution in [3.63, 3.8) is 0 Å². The Kier molecular flexibility index (Phi) is 8.83. The van der Waals surface area contributed by atoms with E-state index in [0.29, 0.717) is 24.9 Å². The molecule has 0 atom stereocenters. The van der Waals surface area contributed by atoms with Crippen LogP contribution in [-0.4, -0.2) is 31.7 Å². The van der Waals surface area contributed by atoms with E-state index in [9.17, 15) is 0 Å². The van der Waals surface area contributed by atoms with Crippen LogP contribution in [0.25, 0.3) is 0 Å². The van der Waals surface area contributed by atoms with Crippen LogP contribution in [-0.2, 0) is 6.54 Å². The highest BCUT2D eigenvalue weighted by atomic mass is 127. The molecule has 6 nitrogen and oxygen atoms in total. The molecular formula is C16H23IN4O2S. The first kappa shape index (κ1) is 20.5. The Balaban J connectivity index is 0.00000288. The summed E-state index contributed by atoms with van der Waals surface area (Å²) in [6.45, 7) is 5.21. The molecule has 0 aliphatic carbocycles. The summed E-state index contributed by atoms with van der Waals surface area (Å²) in [5, 5.41) is 7.56. The average molecular weight is 462 g/mol. The maximum absolute atomic E-state index is 5.52. The van der Waals surface area contributed by atoms with Gasteiger partial charge in [0.1, 0.15) is 0 Å². The van der Waals surface area contributed by atoms with Crippen LogP contribution >= 0.6 is 35.3 Å². The van der Waals surface area contributed by atoms with Gasteiger partial charge >= 0.3 is 0 Å². The Morgan fingerprint density at radius 1 is 1.33 bits per heavy atom. The summed E-state index contributed by atoms with van der Waals surface area (Å²) < 4.78 is 10.9. The molecule has 8 heteroatoms. The molecule has 0 saturated heterocycles. The highest BCUT2D eigenvalue weighted by molar-refractivity contribution is 14.0. The van der Waals surface area contributed by atoms with Crippen molar-refractivity contribution in [1.29, 1.82) is 0 Å². The van der Waals surface area contributed by atoms with E-state index in [1.807, 2.05) is 38.2 Å². The largest absolute Gasteiger partial charge is 0.493 e. The second-order valence-corrected chi connectivity index (χ2v) is 6.01. The van der Waals surface area contributed by atoms with Crippen LogP contribution in [0.3, 0.4) is 0 Å². The molecule has 1 heterocycles. The minimum atomic E-state index is 0. The SMILES string of the molecule is CCOc1ccc(NC(=NC)NCc2cnc(C)s2)cc1OC.I. The molecule has 24 heavy (non-hydrogen) atoms. The first-order valence-corrected chi connectivity index (χ1v) is 8.17. The van der Waals surface area contributed by atoms with Gasteiger partial charge in [-0.1, -0.05) is 0 Å². The number of aliphatic imine (C=N–C) groups is 1. The molecule has 1 aromatic heterocycles. The van der Waals surface area contributed by atoms with Crippen molar-refractivity contribution in [2.45, 2.75) is 20.4 Å². The average Bonchev–Trinajstić information content (AvgIpc) is 2.98. The maximum atomic E-state index is 5.52. The standard InChI is InChI=1S/C16H22N4O2S.HI/c1-5-22-14-7-6-12(8-15(14)21-4)20-16(17-3)19-10-13-9-18-11(2)23-13;/h6-9H,5,10H2,1-4H3,(H2,17,19,20);1H. The number of aryl methyl sites for hydroxylation is 1. The fraction of sp³-hybridized carbons (Fsp3) is 0.375. The van der Waals surface area contributed by atoms with Crippen LogP contribution in [0, 0.1) is 6.92 Å². The summed E-state index contributed by atoms with van der Waals surface area (Å²) >= 11 is 1.67. The van der Waals surface area contributed by atoms with Crippen molar-refractivity contribution in [3.8, 4) is 11.5 Å². The molecule has 0 saturated carbocycles. The molecule has 0 spiro atoms. The maximum Gasteiger partial charge on any atom is 0.195 e. The molecular weight excluding hydrogens is 439 g/mol. The van der Waals surface area contributed by atoms with E-state index in [2.05, 4.69) is 20.6 Å². The predicted molar refractivity (Wildman–Crippen MR) is 110 cm³/mol. The minimum absolute atomic E-state index is 0. The van der Waals surface area contributed by atoms with Crippen molar-refractivity contribution >= 4 is 47.0 Å². The second-order valence-electron chi connectivity index (χ2n) is 4.70. The molecule has 0 fully saturated rings. The zero-order valence-electron chi connectivity index (χ0n) is 14.3. The molecule has 0 bridgehead atoms. The molecule has 0 amide bonds. The topological polar surface area (TPSA) is 67.8 Å². The number of hydrogen-bond donors (Lipinski definition) is 2. The van der Waals surface area contributed by atoms with Crippen LogP contribution in [0.2, 0.25) is 0 Å². The number of thiazole rings is 1. The van der Waals surface area contributed by atoms with Gasteiger partial charge in [-0.05, 0) is 26.0 Å². The Labute approximate surface area is 163 Å². The van der Waals surface area contributed by atoms with Crippen molar-refractivity contribution in [2.24, 2.45) is 4.99 Å². The lowest BCUT2D eigenvalue weighted by Gasteiger charge is -2.14. The summed E-state index contributed by atoms with van der Waals surface area (Å²) in [5.74, 6) is 2.09. The van der Waals surface area contributed by atoms with E-state index in [0.717, 1.165) is 21.3 Å². The highest BCUT2D eigenvalue weighted by Gasteiger charge is 2.07. The summed E-state index contributed by atoms with van der Waals surface area (Å²) in [5.41, 5.74) is 0.874. The van der Waals surface area contributed by atoms with Gasteiger partial charge in [0, 0.05) is 29.9 Å². The Hall–Kier alpha value is -1.55. The van der Waals surface area contributed by atoms with E-state index in [1.54, 1.807) is 25.5 Å². The van der Waals surface area contributed by atoms with E-state index >= 15 is 0 Å². The Morgan fingerprint density at radius 2 is 2.12 bits per heavy atom. The van der Waals surface area contributed by atoms with Crippen LogP contribution in [0.4, 0.5) is 5.69 Å². The van der Waals surface area contributed by atoms with Crippen LogP contribution in [0.1, 0.15) is 16.8 Å². The molecule has 2 aromatic rings. The number of aromatic nitrogens is 1. The highest BCUT2D eigenvalue weighted by Crippen LogP contribution is 2.30. The molecule has 0 unspecified atom stereocenters. The Morgan fingerprint density at radius 3 is 2.71 bits per heavy atom. The van der Waals surface area contributed by atoms with E-state index in [1.165, 1.54) is 0 Å². The third-order valence-electron chi connectivity index (χ3n) is 3.05. The number of nitrogens with zero attached hydrogens (tertiary/aromatic N) is 2. The number of halogens is 1. The molecule has 2 rings (SSSR count). The predicted octanol–water partition coefficient (Wildman–Crippen LogP) is 3.66. The fourth-order valence-corrected chi connectivity index (χ4v) is 2.73. The molecule has 2 N–H and O–H groups in total. The fourth-order valence-electron chi connectivity index (χ4n) is 1.99. The number of rotatable bonds is 6. The Bertz CT molecular complexity index is 676. The number of anilines is 1. The molecule has 0 radical (unpaired) electrons. The van der Waals surface area contributed by atoms with Gasteiger partial charge in [-0.3, -0.25) is 4.99 Å². The summed E-state index contributed by atoms with van der Waals surface area (Å²) in [6.07, 6.45) is 1.88. The minimum Gasteiger partial charge on any atom is -0.493 e. The smallest absolute Gasteiger partial charge is 0.195 e. The van der Waals surface area contributed by atoms with Crippen molar-refractivity contribution < 1.29 is 9.47 Å². The first-order valence-electron chi connectivity index (χ1n) is 7.36. The number of benzene rings is 1. The van der Waals surface area contributed by atoms with Crippen molar-refractivity contribution in [3.05, 3.63) is 34.3 Å². The van der Waals surface area contributed by atoms with Gasteiger partial charge in [0.15, 0.2) is 17.5 Å². The van der Waals surface area contributed by atoms with E-state index < -0.39 is 0 Å². The van der Waals surface area contributed by atoms with Gasteiger partial charge < -0.3 is 20.1 Å². The van der Waals surface area contributed by atoms with Crippen LogP contribution < -0.4 is 20.1 Å². The van der Waals surface area contributed by atoms with E-state index in [4.69, 9.17) is 9.47 Å². The van der Waals surface area contributed by atoms with Gasteiger partial charge in [-0.15, -0.1) is 35.3 Å². The third kappa shape index (κ3) is 5.82. The summed E-state index contributed by atoms with van der Waals surface area (Å²) in [4.78, 5) is 9.63. The van der Waals surface area contributed by atoms with Gasteiger partial charge in [0.25, 0.3) is 0 Å². The van der Waals surface area contributed by atoms with Crippen LogP contribution in [0.15, 0.2) is 29.4 Å². The first-order chi connectivity index (χ1) is 11.2. The zero-order valence-corrected chi connectivity index (χ0v) is 17.4. The summed E-state index contributed by atoms with van der Waals surface area (Å²) in [6, 6.07) is 5.69. The lowest BCUT2D eigenvalue weighted by Crippen LogP contribution is -2.29. The molecule has 0 aliphatic heterocycles. The van der Waals surface area contributed by atoms with Gasteiger partial charge in [-0.2, -0.15) is 0 Å². The summed E-state index contributed by atoms with van der Waals surface area (Å²) in [7, 11) is 3.36. The normalized spacial score (nSPS) is 10.8. The monoisotopic (exact) mass is 462 g/mol. The van der Waals surface area contributed by atoms with Gasteiger partial charge in [-0.25, -0.2) is 4.98 Å². The van der Waals surface area contributed by atoms with Gasteiger partial charge in [0.2, 0.25) is 0 Å². The molecule has 0 aliphatic rings.